The minimum Gasteiger partial charge on any atom is -0.478 e. The molecule has 0 aromatic carbocycles. The highest BCUT2D eigenvalue weighted by Gasteiger charge is 2.18. The van der Waals surface area contributed by atoms with Gasteiger partial charge in [-0.15, -0.1) is 0 Å². The number of rotatable bonds is 7. The van der Waals surface area contributed by atoms with Gasteiger partial charge in [-0.05, 0) is 31.7 Å². The van der Waals surface area contributed by atoms with Crippen LogP contribution in [0.15, 0.2) is 10.5 Å². The molecule has 1 aliphatic rings. The highest BCUT2D eigenvalue weighted by atomic mass is 16.4. The fourth-order valence-corrected chi connectivity index (χ4v) is 3.00. The summed E-state index contributed by atoms with van der Waals surface area (Å²) in [6.07, 6.45) is 6.26. The van der Waals surface area contributed by atoms with Crippen molar-refractivity contribution in [1.82, 2.24) is 10.6 Å². The van der Waals surface area contributed by atoms with Crippen LogP contribution in [0.1, 0.15) is 60.4 Å². The summed E-state index contributed by atoms with van der Waals surface area (Å²) < 4.78 is 5.27. The second-order valence-corrected chi connectivity index (χ2v) is 6.25. The molecule has 0 spiro atoms. The zero-order valence-corrected chi connectivity index (χ0v) is 13.9. The molecule has 2 amide bonds. The number of carbonyl (C=O) groups is 3. The van der Waals surface area contributed by atoms with Gasteiger partial charge in [-0.1, -0.05) is 19.3 Å². The summed E-state index contributed by atoms with van der Waals surface area (Å²) in [5.74, 6) is -0.401. The van der Waals surface area contributed by atoms with Crippen molar-refractivity contribution in [3.05, 3.63) is 23.2 Å². The highest BCUT2D eigenvalue weighted by Crippen LogP contribution is 2.25. The van der Waals surface area contributed by atoms with E-state index in [-0.39, 0.29) is 30.5 Å². The first-order valence-electron chi connectivity index (χ1n) is 8.31. The SMILES string of the molecule is Cc1oc(CNC(=O)CNC(=O)CC2CCCCC2)cc1C(=O)O. The van der Waals surface area contributed by atoms with Crippen LogP contribution in [0.25, 0.3) is 0 Å². The first-order valence-corrected chi connectivity index (χ1v) is 8.31. The second-order valence-electron chi connectivity index (χ2n) is 6.25. The van der Waals surface area contributed by atoms with Crippen LogP contribution < -0.4 is 10.6 Å². The quantitative estimate of drug-likeness (QED) is 0.705. The van der Waals surface area contributed by atoms with Crippen molar-refractivity contribution in [2.45, 2.75) is 52.0 Å². The predicted molar refractivity (Wildman–Crippen MR) is 86.5 cm³/mol. The van der Waals surface area contributed by atoms with Crippen molar-refractivity contribution >= 4 is 17.8 Å². The number of amides is 2. The van der Waals surface area contributed by atoms with Gasteiger partial charge >= 0.3 is 5.97 Å². The molecule has 1 aromatic heterocycles. The van der Waals surface area contributed by atoms with Crippen LogP contribution in [-0.4, -0.2) is 29.4 Å². The molecule has 0 bridgehead atoms. The summed E-state index contributed by atoms with van der Waals surface area (Å²) in [6, 6.07) is 1.39. The van der Waals surface area contributed by atoms with Crippen LogP contribution in [0, 0.1) is 12.8 Å². The molecule has 7 nitrogen and oxygen atoms in total. The Morgan fingerprint density at radius 3 is 2.50 bits per heavy atom. The van der Waals surface area contributed by atoms with E-state index in [0.29, 0.717) is 23.9 Å². The molecule has 1 fully saturated rings. The molecule has 2 rings (SSSR count). The molecule has 24 heavy (non-hydrogen) atoms. The molecular weight excluding hydrogens is 312 g/mol. The number of carbonyl (C=O) groups excluding carboxylic acids is 2. The maximum atomic E-state index is 11.8. The molecule has 7 heteroatoms. The smallest absolute Gasteiger partial charge is 0.339 e. The average Bonchev–Trinajstić information content (AvgIpc) is 2.93. The monoisotopic (exact) mass is 336 g/mol. The van der Waals surface area contributed by atoms with Gasteiger partial charge < -0.3 is 20.2 Å². The first kappa shape index (κ1) is 18.0. The lowest BCUT2D eigenvalue weighted by Crippen LogP contribution is -2.37. The number of carboxylic acids is 1. The van der Waals surface area contributed by atoms with E-state index in [1.165, 1.54) is 25.3 Å². The van der Waals surface area contributed by atoms with E-state index in [0.717, 1.165) is 12.8 Å². The van der Waals surface area contributed by atoms with Crippen molar-refractivity contribution in [3.63, 3.8) is 0 Å². The number of hydrogen-bond acceptors (Lipinski definition) is 4. The third-order valence-electron chi connectivity index (χ3n) is 4.30. The Hall–Kier alpha value is -2.31. The molecule has 3 N–H and O–H groups in total. The van der Waals surface area contributed by atoms with E-state index >= 15 is 0 Å². The summed E-state index contributed by atoms with van der Waals surface area (Å²) >= 11 is 0. The zero-order valence-electron chi connectivity index (χ0n) is 13.9. The van der Waals surface area contributed by atoms with Gasteiger partial charge in [0.15, 0.2) is 0 Å². The maximum Gasteiger partial charge on any atom is 0.339 e. The number of carboxylic acid groups (broad SMARTS) is 1. The molecule has 0 unspecified atom stereocenters. The lowest BCUT2D eigenvalue weighted by molar-refractivity contribution is -0.126. The predicted octanol–water partition coefficient (Wildman–Crippen LogP) is 1.99. The van der Waals surface area contributed by atoms with Crippen LogP contribution >= 0.6 is 0 Å². The molecule has 132 valence electrons. The Labute approximate surface area is 140 Å². The zero-order chi connectivity index (χ0) is 17.5. The number of hydrogen-bond donors (Lipinski definition) is 3. The summed E-state index contributed by atoms with van der Waals surface area (Å²) in [5, 5.41) is 14.2. The number of aryl methyl sites for hydroxylation is 1. The number of aromatic carboxylic acids is 1. The number of furan rings is 1. The molecule has 0 radical (unpaired) electrons. The van der Waals surface area contributed by atoms with Gasteiger partial charge in [0, 0.05) is 6.42 Å². The second kappa shape index (κ2) is 8.52. The van der Waals surface area contributed by atoms with Crippen LogP contribution in [0.4, 0.5) is 0 Å². The third kappa shape index (κ3) is 5.40. The third-order valence-corrected chi connectivity index (χ3v) is 4.30. The molecular formula is C17H24N2O5. The van der Waals surface area contributed by atoms with Crippen LogP contribution in [0.3, 0.4) is 0 Å². The molecule has 1 heterocycles. The van der Waals surface area contributed by atoms with E-state index in [1.54, 1.807) is 6.92 Å². The maximum absolute atomic E-state index is 11.8. The minimum absolute atomic E-state index is 0.0834. The van der Waals surface area contributed by atoms with Crippen molar-refractivity contribution < 1.29 is 23.9 Å². The Bertz CT molecular complexity index is 602. The summed E-state index contributed by atoms with van der Waals surface area (Å²) in [5.41, 5.74) is 0.0834. The average molecular weight is 336 g/mol. The van der Waals surface area contributed by atoms with Crippen molar-refractivity contribution in [3.8, 4) is 0 Å². The fraction of sp³-hybridized carbons (Fsp3) is 0.588. The van der Waals surface area contributed by atoms with Crippen molar-refractivity contribution in [1.29, 1.82) is 0 Å². The van der Waals surface area contributed by atoms with Crippen LogP contribution in [0.5, 0.6) is 0 Å². The van der Waals surface area contributed by atoms with E-state index in [1.807, 2.05) is 0 Å². The van der Waals surface area contributed by atoms with Crippen molar-refractivity contribution in [2.24, 2.45) is 5.92 Å². The first-order chi connectivity index (χ1) is 11.5. The molecule has 1 aromatic rings. The molecule has 1 aliphatic carbocycles. The van der Waals surface area contributed by atoms with E-state index in [9.17, 15) is 14.4 Å². The fourth-order valence-electron chi connectivity index (χ4n) is 3.00. The molecule has 0 atom stereocenters. The Balaban J connectivity index is 1.68. The largest absolute Gasteiger partial charge is 0.478 e. The van der Waals surface area contributed by atoms with Gasteiger partial charge in [0.05, 0.1) is 13.1 Å². The van der Waals surface area contributed by atoms with Gasteiger partial charge in [-0.25, -0.2) is 4.79 Å². The summed E-state index contributed by atoms with van der Waals surface area (Å²) in [7, 11) is 0. The van der Waals surface area contributed by atoms with Gasteiger partial charge in [0.2, 0.25) is 11.8 Å². The highest BCUT2D eigenvalue weighted by molar-refractivity contribution is 5.89. The van der Waals surface area contributed by atoms with Crippen LogP contribution in [-0.2, 0) is 16.1 Å². The van der Waals surface area contributed by atoms with Gasteiger partial charge in [-0.3, -0.25) is 9.59 Å². The van der Waals surface area contributed by atoms with Crippen LogP contribution in [0.2, 0.25) is 0 Å². The van der Waals surface area contributed by atoms with Gasteiger partial charge in [0.1, 0.15) is 17.1 Å². The topological polar surface area (TPSA) is 109 Å². The normalized spacial score (nSPS) is 15.0. The standard InChI is InChI=1S/C17H24N2O5/c1-11-14(17(22)23)8-13(24-11)9-18-16(21)10-19-15(20)7-12-5-3-2-4-6-12/h8,12H,2-7,9-10H2,1H3,(H,18,21)(H,19,20)(H,22,23). The lowest BCUT2D eigenvalue weighted by Gasteiger charge is -2.20. The molecule has 0 aliphatic heterocycles. The number of nitrogens with one attached hydrogen (secondary N) is 2. The lowest BCUT2D eigenvalue weighted by atomic mass is 9.87. The Morgan fingerprint density at radius 1 is 1.17 bits per heavy atom. The summed E-state index contributed by atoms with van der Waals surface area (Å²) in [6.45, 7) is 1.56. The van der Waals surface area contributed by atoms with E-state index < -0.39 is 5.97 Å². The van der Waals surface area contributed by atoms with E-state index in [2.05, 4.69) is 10.6 Å². The van der Waals surface area contributed by atoms with Gasteiger partial charge in [0.25, 0.3) is 0 Å². The molecule has 0 saturated heterocycles. The summed E-state index contributed by atoms with van der Waals surface area (Å²) in [4.78, 5) is 34.5. The van der Waals surface area contributed by atoms with E-state index in [4.69, 9.17) is 9.52 Å². The van der Waals surface area contributed by atoms with Gasteiger partial charge in [-0.2, -0.15) is 0 Å². The minimum atomic E-state index is -1.07. The Morgan fingerprint density at radius 2 is 1.88 bits per heavy atom. The van der Waals surface area contributed by atoms with Crippen molar-refractivity contribution in [2.75, 3.05) is 6.54 Å². The Kier molecular flexibility index (Phi) is 6.40. The molecule has 1 saturated carbocycles.